The molecular weight excluding hydrogens is 444 g/mol. The zero-order chi connectivity index (χ0) is 25.6. The Morgan fingerprint density at radius 2 is 1.44 bits per heavy atom. The van der Waals surface area contributed by atoms with Crippen LogP contribution in [0, 0.1) is 5.92 Å². The number of carbonyl (C=O) groups is 1. The molecule has 1 atom stereocenters. The van der Waals surface area contributed by atoms with Crippen molar-refractivity contribution in [1.82, 2.24) is 0 Å². The van der Waals surface area contributed by atoms with Crippen LogP contribution in [-0.2, 0) is 6.42 Å². The summed E-state index contributed by atoms with van der Waals surface area (Å²) in [6.07, 6.45) is 13.3. The van der Waals surface area contributed by atoms with Crippen molar-refractivity contribution in [2.24, 2.45) is 5.92 Å². The van der Waals surface area contributed by atoms with Crippen molar-refractivity contribution in [2.75, 3.05) is 0 Å². The molecule has 0 N–H and O–H groups in total. The van der Waals surface area contributed by atoms with Gasteiger partial charge in [-0.3, -0.25) is 0 Å². The van der Waals surface area contributed by atoms with Crippen LogP contribution in [0.4, 0.5) is 0 Å². The highest BCUT2D eigenvalue weighted by atomic mass is 16.5. The van der Waals surface area contributed by atoms with Crippen molar-refractivity contribution in [1.29, 1.82) is 0 Å². The lowest BCUT2D eigenvalue weighted by molar-refractivity contribution is 0.0734. The molecule has 0 radical (unpaired) electrons. The largest absolute Gasteiger partial charge is 0.465 e. The van der Waals surface area contributed by atoms with E-state index in [1.165, 1.54) is 44.1 Å². The van der Waals surface area contributed by atoms with E-state index in [0.29, 0.717) is 11.3 Å². The topological polar surface area (TPSA) is 35.5 Å². The van der Waals surface area contributed by atoms with Crippen molar-refractivity contribution < 1.29 is 14.3 Å². The summed E-state index contributed by atoms with van der Waals surface area (Å²) in [7, 11) is 0. The van der Waals surface area contributed by atoms with Crippen molar-refractivity contribution in [2.45, 2.75) is 72.1 Å². The Hall–Kier alpha value is -3.33. The molecule has 0 saturated heterocycles. The minimum Gasteiger partial charge on any atom is -0.465 e. The van der Waals surface area contributed by atoms with Gasteiger partial charge in [0.25, 0.3) is 0 Å². The maximum Gasteiger partial charge on any atom is 0.343 e. The van der Waals surface area contributed by atoms with Crippen molar-refractivity contribution in [3.63, 3.8) is 0 Å². The van der Waals surface area contributed by atoms with Crippen LogP contribution < -0.4 is 9.47 Å². The quantitative estimate of drug-likeness (QED) is 0.0989. The number of esters is 1. The number of allylic oxidation sites excluding steroid dienone is 1. The molecule has 3 heteroatoms. The second-order valence-corrected chi connectivity index (χ2v) is 9.53. The lowest BCUT2D eigenvalue weighted by Gasteiger charge is -2.09. The maximum absolute atomic E-state index is 12.6. The molecule has 0 aliphatic rings. The summed E-state index contributed by atoms with van der Waals surface area (Å²) in [5, 5.41) is 0. The third-order valence-electron chi connectivity index (χ3n) is 6.59. The molecule has 36 heavy (non-hydrogen) atoms. The molecule has 0 aliphatic heterocycles. The number of rotatable bonds is 14. The van der Waals surface area contributed by atoms with Gasteiger partial charge in [-0.15, -0.1) is 0 Å². The molecular formula is C33H40O3. The van der Waals surface area contributed by atoms with E-state index in [1.54, 1.807) is 30.5 Å². The zero-order valence-corrected chi connectivity index (χ0v) is 22.0. The summed E-state index contributed by atoms with van der Waals surface area (Å²) in [5.41, 5.74) is 4.12. The van der Waals surface area contributed by atoms with Crippen molar-refractivity contribution in [3.8, 4) is 22.6 Å². The summed E-state index contributed by atoms with van der Waals surface area (Å²) in [5.74, 6) is 1.60. The van der Waals surface area contributed by atoms with Gasteiger partial charge in [0.05, 0.1) is 11.8 Å². The fourth-order valence-corrected chi connectivity index (χ4v) is 3.92. The lowest BCUT2D eigenvalue weighted by atomic mass is 9.97. The highest BCUT2D eigenvalue weighted by Crippen LogP contribution is 2.23. The number of benzene rings is 3. The molecule has 0 saturated carbocycles. The van der Waals surface area contributed by atoms with Crippen LogP contribution in [0.15, 0.2) is 85.1 Å². The molecule has 3 aromatic rings. The molecule has 3 rings (SSSR count). The van der Waals surface area contributed by atoms with E-state index in [-0.39, 0.29) is 5.97 Å². The minimum atomic E-state index is -0.373. The fraction of sp³-hybridized carbons (Fsp3) is 0.364. The molecule has 3 aromatic carbocycles. The molecule has 1 unspecified atom stereocenters. The number of hydrogen-bond acceptors (Lipinski definition) is 3. The highest BCUT2D eigenvalue weighted by Gasteiger charge is 2.09. The molecule has 0 aromatic heterocycles. The van der Waals surface area contributed by atoms with Crippen LogP contribution in [0.25, 0.3) is 11.1 Å². The van der Waals surface area contributed by atoms with Crippen LogP contribution in [0.3, 0.4) is 0 Å². The van der Waals surface area contributed by atoms with Crippen molar-refractivity contribution >= 4 is 5.97 Å². The van der Waals surface area contributed by atoms with Gasteiger partial charge in [-0.05, 0) is 90.8 Å². The predicted molar refractivity (Wildman–Crippen MR) is 150 cm³/mol. The second-order valence-electron chi connectivity index (χ2n) is 9.53. The Morgan fingerprint density at radius 1 is 0.806 bits per heavy atom. The van der Waals surface area contributed by atoms with Gasteiger partial charge >= 0.3 is 5.97 Å². The first-order valence-corrected chi connectivity index (χ1v) is 13.4. The molecule has 0 bridgehead atoms. The molecule has 3 nitrogen and oxygen atoms in total. The number of unbranched alkanes of at least 4 members (excludes halogenated alkanes) is 4. The maximum atomic E-state index is 12.6. The Labute approximate surface area is 217 Å². The molecule has 0 fully saturated rings. The fourth-order valence-electron chi connectivity index (χ4n) is 3.92. The van der Waals surface area contributed by atoms with Crippen LogP contribution in [-0.4, -0.2) is 5.97 Å². The van der Waals surface area contributed by atoms with E-state index >= 15 is 0 Å². The first-order valence-electron chi connectivity index (χ1n) is 13.4. The minimum absolute atomic E-state index is 0.373. The number of ether oxygens (including phenoxy) is 2. The highest BCUT2D eigenvalue weighted by molar-refractivity contribution is 5.91. The summed E-state index contributed by atoms with van der Waals surface area (Å²) in [6, 6.07) is 23.4. The SMILES string of the molecule is CCCCCCC=COc1ccc(OC(=O)c2ccc(-c3ccc(CCC(C)CC)cc3)cc2)cc1. The van der Waals surface area contributed by atoms with Gasteiger partial charge in [0, 0.05) is 0 Å². The van der Waals surface area contributed by atoms with Gasteiger partial charge in [-0.1, -0.05) is 82.9 Å². The van der Waals surface area contributed by atoms with Crippen LogP contribution in [0.1, 0.15) is 81.6 Å². The van der Waals surface area contributed by atoms with E-state index in [4.69, 9.17) is 9.47 Å². The van der Waals surface area contributed by atoms with Gasteiger partial charge in [0.1, 0.15) is 11.5 Å². The Balaban J connectivity index is 1.48. The lowest BCUT2D eigenvalue weighted by Crippen LogP contribution is -2.08. The Kier molecular flexibility index (Phi) is 11.3. The Morgan fingerprint density at radius 3 is 2.08 bits per heavy atom. The predicted octanol–water partition coefficient (Wildman–Crippen LogP) is 9.41. The van der Waals surface area contributed by atoms with Crippen molar-refractivity contribution in [3.05, 3.63) is 96.3 Å². The number of carbonyl (C=O) groups excluding carboxylic acids is 1. The summed E-state index contributed by atoms with van der Waals surface area (Å²) in [6.45, 7) is 6.76. The molecule has 0 spiro atoms. The van der Waals surface area contributed by atoms with Gasteiger partial charge in [-0.25, -0.2) is 4.79 Å². The second kappa shape index (κ2) is 14.9. The average molecular weight is 485 g/mol. The van der Waals surface area contributed by atoms with E-state index < -0.39 is 0 Å². The summed E-state index contributed by atoms with van der Waals surface area (Å²) < 4.78 is 11.2. The van der Waals surface area contributed by atoms with E-state index in [0.717, 1.165) is 35.6 Å². The monoisotopic (exact) mass is 484 g/mol. The summed E-state index contributed by atoms with van der Waals surface area (Å²) in [4.78, 5) is 12.6. The number of hydrogen-bond donors (Lipinski definition) is 0. The molecule has 0 heterocycles. The van der Waals surface area contributed by atoms with E-state index in [1.807, 2.05) is 24.3 Å². The van der Waals surface area contributed by atoms with E-state index in [2.05, 4.69) is 51.1 Å². The van der Waals surface area contributed by atoms with Crippen LogP contribution in [0.2, 0.25) is 0 Å². The first kappa shape index (κ1) is 27.3. The van der Waals surface area contributed by atoms with E-state index in [9.17, 15) is 4.79 Å². The van der Waals surface area contributed by atoms with Gasteiger partial charge in [0.2, 0.25) is 0 Å². The molecule has 0 amide bonds. The molecule has 0 aliphatic carbocycles. The number of aryl methyl sites for hydroxylation is 1. The Bertz CT molecular complexity index is 1060. The van der Waals surface area contributed by atoms with Gasteiger partial charge < -0.3 is 9.47 Å². The first-order chi connectivity index (χ1) is 17.6. The normalized spacial score (nSPS) is 12.0. The smallest absolute Gasteiger partial charge is 0.343 e. The third-order valence-corrected chi connectivity index (χ3v) is 6.59. The zero-order valence-electron chi connectivity index (χ0n) is 22.0. The third kappa shape index (κ3) is 9.03. The average Bonchev–Trinajstić information content (AvgIpc) is 2.92. The summed E-state index contributed by atoms with van der Waals surface area (Å²) >= 11 is 0. The van der Waals surface area contributed by atoms with Gasteiger partial charge in [0.15, 0.2) is 0 Å². The van der Waals surface area contributed by atoms with Gasteiger partial charge in [-0.2, -0.15) is 0 Å². The van der Waals surface area contributed by atoms with Crippen LogP contribution >= 0.6 is 0 Å². The standard InChI is InChI=1S/C33H40O3/c1-4-6-7-8-9-10-25-35-31-21-23-32(24-22-31)36-33(34)30-19-17-29(18-20-30)28-15-13-27(14-16-28)12-11-26(3)5-2/h10,13-26H,4-9,11-12H2,1-3H3. The van der Waals surface area contributed by atoms with Crippen LogP contribution in [0.5, 0.6) is 11.5 Å². The molecule has 190 valence electrons.